The summed E-state index contributed by atoms with van der Waals surface area (Å²) in [5.74, 6) is 0.0347. The summed E-state index contributed by atoms with van der Waals surface area (Å²) >= 11 is 10.8. The van der Waals surface area contributed by atoms with Gasteiger partial charge in [0.05, 0.1) is 18.7 Å². The number of carbonyl (C=O) groups excluding carboxylic acids is 1. The molecule has 0 radical (unpaired) electrons. The van der Waals surface area contributed by atoms with Gasteiger partial charge in [0.1, 0.15) is 5.82 Å². The molecule has 6 nitrogen and oxygen atoms in total. The summed E-state index contributed by atoms with van der Waals surface area (Å²) in [4.78, 5) is 12.2. The van der Waals surface area contributed by atoms with Crippen LogP contribution in [0, 0.1) is 5.82 Å². The fourth-order valence-corrected chi connectivity index (χ4v) is 2.35. The van der Waals surface area contributed by atoms with Crippen LogP contribution in [0.15, 0.2) is 36.4 Å². The zero-order chi connectivity index (χ0) is 19.1. The molecule has 0 heterocycles. The second kappa shape index (κ2) is 9.21. The van der Waals surface area contributed by atoms with E-state index in [1.165, 1.54) is 25.3 Å². The molecule has 0 bridgehead atoms. The number of anilines is 1. The van der Waals surface area contributed by atoms with Gasteiger partial charge in [0.15, 0.2) is 16.6 Å². The van der Waals surface area contributed by atoms with Crippen LogP contribution in [0.3, 0.4) is 0 Å². The van der Waals surface area contributed by atoms with E-state index in [4.69, 9.17) is 33.3 Å². The lowest BCUT2D eigenvalue weighted by Gasteiger charge is -2.13. The Morgan fingerprint density at radius 3 is 2.62 bits per heavy atom. The lowest BCUT2D eigenvalue weighted by atomic mass is 10.2. The average Bonchev–Trinajstić information content (AvgIpc) is 2.63. The summed E-state index contributed by atoms with van der Waals surface area (Å²) in [7, 11) is 1.49. The molecule has 26 heavy (non-hydrogen) atoms. The number of nitrogens with one attached hydrogen (secondary N) is 3. The third-order valence-corrected chi connectivity index (χ3v) is 3.69. The molecule has 0 unspecified atom stereocenters. The summed E-state index contributed by atoms with van der Waals surface area (Å²) in [6.07, 6.45) is 0. The first-order chi connectivity index (χ1) is 12.4. The summed E-state index contributed by atoms with van der Waals surface area (Å²) < 4.78 is 23.7. The Labute approximate surface area is 160 Å². The van der Waals surface area contributed by atoms with Gasteiger partial charge in [-0.2, -0.15) is 0 Å². The molecular formula is C17H17ClFN3O3S. The monoisotopic (exact) mass is 397 g/mol. The molecule has 2 aromatic carbocycles. The third kappa shape index (κ3) is 5.21. The van der Waals surface area contributed by atoms with Crippen LogP contribution >= 0.6 is 23.8 Å². The Morgan fingerprint density at radius 2 is 1.96 bits per heavy atom. The van der Waals surface area contributed by atoms with Crippen LogP contribution < -0.4 is 25.6 Å². The summed E-state index contributed by atoms with van der Waals surface area (Å²) in [6, 6.07) is 8.85. The first-order valence-electron chi connectivity index (χ1n) is 7.57. The summed E-state index contributed by atoms with van der Waals surface area (Å²) in [5, 5.41) is 2.85. The van der Waals surface area contributed by atoms with Gasteiger partial charge in [0.25, 0.3) is 5.91 Å². The number of rotatable bonds is 5. The smallest absolute Gasteiger partial charge is 0.269 e. The molecule has 0 aliphatic heterocycles. The van der Waals surface area contributed by atoms with Crippen LogP contribution in [-0.2, 0) is 0 Å². The highest BCUT2D eigenvalue weighted by Crippen LogP contribution is 2.27. The van der Waals surface area contributed by atoms with Crippen LogP contribution in [0.5, 0.6) is 11.5 Å². The van der Waals surface area contributed by atoms with Crippen LogP contribution in [-0.4, -0.2) is 24.7 Å². The molecule has 0 fully saturated rings. The molecule has 2 aromatic rings. The number of hydrogen-bond acceptors (Lipinski definition) is 4. The van der Waals surface area contributed by atoms with Crippen molar-refractivity contribution < 1.29 is 18.7 Å². The van der Waals surface area contributed by atoms with Crippen molar-refractivity contribution in [3.8, 4) is 11.5 Å². The van der Waals surface area contributed by atoms with E-state index < -0.39 is 11.7 Å². The SMILES string of the molecule is CCOc1ccc(C(=O)NNC(=S)Nc2ccc(F)c(Cl)c2)cc1OC. The van der Waals surface area contributed by atoms with Gasteiger partial charge in [-0.25, -0.2) is 4.39 Å². The van der Waals surface area contributed by atoms with E-state index in [0.29, 0.717) is 29.4 Å². The lowest BCUT2D eigenvalue weighted by molar-refractivity contribution is 0.0943. The molecule has 1 amide bonds. The number of thiocarbonyl (C=S) groups is 1. The van der Waals surface area contributed by atoms with Crippen molar-refractivity contribution in [1.82, 2.24) is 10.9 Å². The predicted octanol–water partition coefficient (Wildman–Crippen LogP) is 3.52. The second-order valence-electron chi connectivity index (χ2n) is 4.96. The Bertz CT molecular complexity index is 820. The summed E-state index contributed by atoms with van der Waals surface area (Å²) in [5.41, 5.74) is 5.83. The largest absolute Gasteiger partial charge is 0.493 e. The van der Waals surface area contributed by atoms with Gasteiger partial charge in [0, 0.05) is 11.3 Å². The van der Waals surface area contributed by atoms with Crippen LogP contribution in [0.2, 0.25) is 5.02 Å². The average molecular weight is 398 g/mol. The Balaban J connectivity index is 1.95. The van der Waals surface area contributed by atoms with Crippen molar-refractivity contribution in [2.45, 2.75) is 6.92 Å². The molecule has 0 saturated carbocycles. The molecular weight excluding hydrogens is 381 g/mol. The van der Waals surface area contributed by atoms with Crippen molar-refractivity contribution in [3.63, 3.8) is 0 Å². The molecule has 3 N–H and O–H groups in total. The van der Waals surface area contributed by atoms with Gasteiger partial charge in [-0.3, -0.25) is 15.6 Å². The van der Waals surface area contributed by atoms with Gasteiger partial charge in [0.2, 0.25) is 0 Å². The first kappa shape index (κ1) is 19.7. The molecule has 0 aromatic heterocycles. The maximum absolute atomic E-state index is 13.1. The zero-order valence-corrected chi connectivity index (χ0v) is 15.6. The topological polar surface area (TPSA) is 71.6 Å². The first-order valence-corrected chi connectivity index (χ1v) is 8.36. The van der Waals surface area contributed by atoms with E-state index in [9.17, 15) is 9.18 Å². The number of halogens is 2. The molecule has 2 rings (SSSR count). The molecule has 138 valence electrons. The van der Waals surface area contributed by atoms with Crippen molar-refractivity contribution in [1.29, 1.82) is 0 Å². The number of benzene rings is 2. The van der Waals surface area contributed by atoms with E-state index in [0.717, 1.165) is 0 Å². The number of ether oxygens (including phenoxy) is 2. The standard InChI is InChI=1S/C17H17ClFN3O3S/c1-3-25-14-7-4-10(8-15(14)24-2)16(23)21-22-17(26)20-11-5-6-13(19)12(18)9-11/h4-9H,3H2,1-2H3,(H,21,23)(H2,20,22,26). The lowest BCUT2D eigenvalue weighted by Crippen LogP contribution is -2.43. The minimum Gasteiger partial charge on any atom is -0.493 e. The summed E-state index contributed by atoms with van der Waals surface area (Å²) in [6.45, 7) is 2.34. The van der Waals surface area contributed by atoms with Gasteiger partial charge in [-0.05, 0) is 55.5 Å². The van der Waals surface area contributed by atoms with Gasteiger partial charge in [-0.1, -0.05) is 11.6 Å². The molecule has 0 spiro atoms. The van der Waals surface area contributed by atoms with Crippen molar-refractivity contribution in [3.05, 3.63) is 52.8 Å². The number of amides is 1. The molecule has 9 heteroatoms. The Kier molecular flexibility index (Phi) is 6.99. The number of methoxy groups -OCH3 is 1. The highest BCUT2D eigenvalue weighted by molar-refractivity contribution is 7.80. The van der Waals surface area contributed by atoms with E-state index in [-0.39, 0.29) is 10.1 Å². The second-order valence-corrected chi connectivity index (χ2v) is 5.78. The van der Waals surface area contributed by atoms with E-state index >= 15 is 0 Å². The minimum atomic E-state index is -0.533. The van der Waals surface area contributed by atoms with Gasteiger partial charge < -0.3 is 14.8 Å². The van der Waals surface area contributed by atoms with E-state index in [1.807, 2.05) is 6.92 Å². The van der Waals surface area contributed by atoms with E-state index in [2.05, 4.69) is 16.2 Å². The van der Waals surface area contributed by atoms with Gasteiger partial charge in [-0.15, -0.1) is 0 Å². The molecule has 0 saturated heterocycles. The Morgan fingerprint density at radius 1 is 1.19 bits per heavy atom. The molecule has 0 aliphatic carbocycles. The minimum absolute atomic E-state index is 0.0386. The van der Waals surface area contributed by atoms with Crippen LogP contribution in [0.4, 0.5) is 10.1 Å². The Hall–Kier alpha value is -2.58. The predicted molar refractivity (Wildman–Crippen MR) is 102 cm³/mol. The van der Waals surface area contributed by atoms with E-state index in [1.54, 1.807) is 18.2 Å². The highest BCUT2D eigenvalue weighted by atomic mass is 35.5. The fourth-order valence-electron chi connectivity index (χ4n) is 2.01. The third-order valence-electron chi connectivity index (χ3n) is 3.19. The normalized spacial score (nSPS) is 10.0. The van der Waals surface area contributed by atoms with Crippen molar-refractivity contribution in [2.24, 2.45) is 0 Å². The zero-order valence-electron chi connectivity index (χ0n) is 14.1. The number of carbonyl (C=O) groups is 1. The number of hydrazine groups is 1. The maximum atomic E-state index is 13.1. The van der Waals surface area contributed by atoms with Crippen molar-refractivity contribution >= 4 is 40.5 Å². The maximum Gasteiger partial charge on any atom is 0.269 e. The van der Waals surface area contributed by atoms with Crippen LogP contribution in [0.1, 0.15) is 17.3 Å². The van der Waals surface area contributed by atoms with Crippen LogP contribution in [0.25, 0.3) is 0 Å². The number of hydrogen-bond donors (Lipinski definition) is 3. The highest BCUT2D eigenvalue weighted by Gasteiger charge is 2.11. The molecule has 0 aliphatic rings. The quantitative estimate of drug-likeness (QED) is 0.529. The van der Waals surface area contributed by atoms with Gasteiger partial charge >= 0.3 is 0 Å². The molecule has 0 atom stereocenters. The fraction of sp³-hybridized carbons (Fsp3) is 0.176. The van der Waals surface area contributed by atoms with Crippen molar-refractivity contribution in [2.75, 3.05) is 19.0 Å².